The maximum atomic E-state index is 4.04. The molecule has 3 nitrogen and oxygen atoms in total. The predicted molar refractivity (Wildman–Crippen MR) is 44.1 cm³/mol. The number of aromatic nitrogens is 1. The van der Waals surface area contributed by atoms with Crippen LogP contribution in [0.1, 0.15) is 5.69 Å². The fraction of sp³-hybridized carbons (Fsp3) is 0.125. The molecule has 3 heteroatoms. The first-order chi connectivity index (χ1) is 5.34. The molecule has 1 rings (SSSR count). The minimum absolute atomic E-state index is 0.591. The van der Waals surface area contributed by atoms with Crippen molar-refractivity contribution < 1.29 is 0 Å². The summed E-state index contributed by atoms with van der Waals surface area (Å²) in [6, 6.07) is 5.58. The van der Waals surface area contributed by atoms with Gasteiger partial charge in [-0.1, -0.05) is 12.6 Å². The van der Waals surface area contributed by atoms with Gasteiger partial charge < -0.3 is 0 Å². The molecule has 0 aromatic carbocycles. The fourth-order valence-electron chi connectivity index (χ4n) is 0.705. The Morgan fingerprint density at radius 1 is 1.55 bits per heavy atom. The van der Waals surface area contributed by atoms with Gasteiger partial charge in [-0.3, -0.25) is 4.98 Å². The van der Waals surface area contributed by atoms with Crippen molar-refractivity contribution in [3.05, 3.63) is 36.7 Å². The van der Waals surface area contributed by atoms with E-state index in [0.717, 1.165) is 5.69 Å². The molecule has 1 heterocycles. The number of azo groups is 1. The van der Waals surface area contributed by atoms with Crippen LogP contribution >= 0.6 is 0 Å². The third-order valence-corrected chi connectivity index (χ3v) is 1.18. The molecule has 0 spiro atoms. The summed E-state index contributed by atoms with van der Waals surface area (Å²) in [6.07, 6.45) is 1.70. The average molecular weight is 147 g/mol. The van der Waals surface area contributed by atoms with E-state index in [2.05, 4.69) is 21.8 Å². The smallest absolute Gasteiger partial charge is 0.104 e. The summed E-state index contributed by atoms with van der Waals surface area (Å²) in [4.78, 5) is 4.04. The minimum Gasteiger partial charge on any atom is -0.255 e. The zero-order chi connectivity index (χ0) is 8.10. The van der Waals surface area contributed by atoms with E-state index in [1.165, 1.54) is 0 Å². The van der Waals surface area contributed by atoms with Crippen molar-refractivity contribution in [3.8, 4) is 0 Å². The molecule has 0 N–H and O–H groups in total. The lowest BCUT2D eigenvalue weighted by Crippen LogP contribution is -1.82. The predicted octanol–water partition coefficient (Wildman–Crippen LogP) is 2.13. The van der Waals surface area contributed by atoms with E-state index in [1.807, 2.05) is 18.2 Å². The van der Waals surface area contributed by atoms with Crippen LogP contribution in [-0.2, 0) is 0 Å². The van der Waals surface area contributed by atoms with E-state index in [0.29, 0.717) is 5.70 Å². The van der Waals surface area contributed by atoms with Crippen LogP contribution in [-0.4, -0.2) is 12.0 Å². The number of nitrogens with zero attached hydrogens (tertiary/aromatic N) is 3. The first-order valence-corrected chi connectivity index (χ1v) is 3.24. The standard InChI is InChI=1S/C8H9N3/c1-7(11-9-2)8-5-3-4-6-10-8/h3-6H,1H2,2H3. The van der Waals surface area contributed by atoms with E-state index in [1.54, 1.807) is 13.2 Å². The monoisotopic (exact) mass is 147 g/mol. The van der Waals surface area contributed by atoms with E-state index in [-0.39, 0.29) is 0 Å². The summed E-state index contributed by atoms with van der Waals surface area (Å²) in [7, 11) is 1.61. The molecule has 0 aliphatic rings. The Kier molecular flexibility index (Phi) is 2.49. The van der Waals surface area contributed by atoms with Crippen molar-refractivity contribution in [1.29, 1.82) is 0 Å². The van der Waals surface area contributed by atoms with Crippen LogP contribution in [0.4, 0.5) is 0 Å². The zero-order valence-electron chi connectivity index (χ0n) is 6.36. The van der Waals surface area contributed by atoms with Gasteiger partial charge in [0.25, 0.3) is 0 Å². The van der Waals surface area contributed by atoms with Gasteiger partial charge in [0.05, 0.1) is 5.69 Å². The molecule has 0 amide bonds. The van der Waals surface area contributed by atoms with Gasteiger partial charge in [0.2, 0.25) is 0 Å². The largest absolute Gasteiger partial charge is 0.255 e. The summed E-state index contributed by atoms with van der Waals surface area (Å²) in [5.74, 6) is 0. The lowest BCUT2D eigenvalue weighted by atomic mass is 10.3. The van der Waals surface area contributed by atoms with Gasteiger partial charge in [0.15, 0.2) is 0 Å². The zero-order valence-corrected chi connectivity index (χ0v) is 6.36. The van der Waals surface area contributed by atoms with E-state index in [9.17, 15) is 0 Å². The van der Waals surface area contributed by atoms with Gasteiger partial charge in [-0.05, 0) is 12.1 Å². The van der Waals surface area contributed by atoms with Crippen LogP contribution in [0, 0.1) is 0 Å². The molecule has 0 radical (unpaired) electrons. The van der Waals surface area contributed by atoms with E-state index in [4.69, 9.17) is 0 Å². The number of hydrogen-bond donors (Lipinski definition) is 0. The Morgan fingerprint density at radius 3 is 2.91 bits per heavy atom. The molecule has 0 atom stereocenters. The van der Waals surface area contributed by atoms with Crippen LogP contribution in [0.2, 0.25) is 0 Å². The van der Waals surface area contributed by atoms with Crippen molar-refractivity contribution in [2.75, 3.05) is 7.05 Å². The van der Waals surface area contributed by atoms with Gasteiger partial charge >= 0.3 is 0 Å². The van der Waals surface area contributed by atoms with Gasteiger partial charge in [-0.15, -0.1) is 0 Å². The molecule has 1 aromatic rings. The van der Waals surface area contributed by atoms with Crippen LogP contribution in [0.15, 0.2) is 41.2 Å². The SMILES string of the molecule is C=C(N=NC)c1ccccn1. The molecule has 1 aromatic heterocycles. The van der Waals surface area contributed by atoms with Crippen molar-refractivity contribution in [1.82, 2.24) is 4.98 Å². The van der Waals surface area contributed by atoms with Crippen molar-refractivity contribution in [3.63, 3.8) is 0 Å². The average Bonchev–Trinajstić information content (AvgIpc) is 2.07. The Balaban J connectivity index is 2.86. The molecule has 0 aliphatic heterocycles. The highest BCUT2D eigenvalue weighted by Gasteiger charge is 1.94. The summed E-state index contributed by atoms with van der Waals surface area (Å²) in [5, 5.41) is 7.36. The quantitative estimate of drug-likeness (QED) is 0.590. The Hall–Kier alpha value is -1.51. The van der Waals surface area contributed by atoms with Crippen molar-refractivity contribution in [2.45, 2.75) is 0 Å². The van der Waals surface area contributed by atoms with Crippen molar-refractivity contribution in [2.24, 2.45) is 10.2 Å². The molecule has 56 valence electrons. The highest BCUT2D eigenvalue weighted by Crippen LogP contribution is 2.08. The molecule has 0 unspecified atom stereocenters. The Morgan fingerprint density at radius 2 is 2.36 bits per heavy atom. The summed E-state index contributed by atoms with van der Waals surface area (Å²) in [5.41, 5.74) is 1.35. The van der Waals surface area contributed by atoms with Crippen LogP contribution < -0.4 is 0 Å². The summed E-state index contributed by atoms with van der Waals surface area (Å²) < 4.78 is 0. The first kappa shape index (κ1) is 7.60. The Labute approximate surface area is 65.5 Å². The molecule has 0 saturated heterocycles. The van der Waals surface area contributed by atoms with Crippen LogP contribution in [0.25, 0.3) is 5.70 Å². The molecule has 0 bridgehead atoms. The molecular formula is C8H9N3. The maximum Gasteiger partial charge on any atom is 0.104 e. The summed E-state index contributed by atoms with van der Waals surface area (Å²) >= 11 is 0. The molecule has 0 fully saturated rings. The molecule has 0 saturated carbocycles. The van der Waals surface area contributed by atoms with E-state index < -0.39 is 0 Å². The third kappa shape index (κ3) is 1.97. The summed E-state index contributed by atoms with van der Waals surface area (Å²) in [6.45, 7) is 3.69. The second kappa shape index (κ2) is 3.61. The van der Waals surface area contributed by atoms with Gasteiger partial charge in [0, 0.05) is 13.2 Å². The highest BCUT2D eigenvalue weighted by atomic mass is 15.1. The Bertz CT molecular complexity index is 264. The van der Waals surface area contributed by atoms with Gasteiger partial charge in [0.1, 0.15) is 5.70 Å². The lowest BCUT2D eigenvalue weighted by Gasteiger charge is -1.94. The lowest BCUT2D eigenvalue weighted by molar-refractivity contribution is 1.15. The van der Waals surface area contributed by atoms with Crippen LogP contribution in [0.3, 0.4) is 0 Å². The van der Waals surface area contributed by atoms with Crippen LogP contribution in [0.5, 0.6) is 0 Å². The van der Waals surface area contributed by atoms with E-state index >= 15 is 0 Å². The second-order valence-corrected chi connectivity index (χ2v) is 1.96. The molecule has 11 heavy (non-hydrogen) atoms. The maximum absolute atomic E-state index is 4.04. The second-order valence-electron chi connectivity index (χ2n) is 1.96. The number of hydrogen-bond acceptors (Lipinski definition) is 3. The van der Waals surface area contributed by atoms with Gasteiger partial charge in [-0.2, -0.15) is 10.2 Å². The third-order valence-electron chi connectivity index (χ3n) is 1.18. The fourth-order valence-corrected chi connectivity index (χ4v) is 0.705. The van der Waals surface area contributed by atoms with Crippen molar-refractivity contribution >= 4 is 5.70 Å². The molecular weight excluding hydrogens is 138 g/mol. The van der Waals surface area contributed by atoms with Gasteiger partial charge in [-0.25, -0.2) is 0 Å². The molecule has 0 aliphatic carbocycles. The topological polar surface area (TPSA) is 37.6 Å². The first-order valence-electron chi connectivity index (χ1n) is 3.24. The minimum atomic E-state index is 0.591. The number of rotatable bonds is 2. The normalized spacial score (nSPS) is 10.3. The number of pyridine rings is 1. The highest BCUT2D eigenvalue weighted by molar-refractivity contribution is 5.57.